The molecular weight excluding hydrogens is 339 g/mol. The van der Waals surface area contributed by atoms with Gasteiger partial charge < -0.3 is 20.4 Å². The molecule has 0 aliphatic heterocycles. The van der Waals surface area contributed by atoms with Crippen molar-refractivity contribution in [2.24, 2.45) is 0 Å². The third kappa shape index (κ3) is 18.9. The van der Waals surface area contributed by atoms with Gasteiger partial charge >= 0.3 is 0 Å². The molecule has 0 amide bonds. The van der Waals surface area contributed by atoms with Crippen molar-refractivity contribution in [3.8, 4) is 0 Å². The van der Waals surface area contributed by atoms with Crippen molar-refractivity contribution in [3.05, 3.63) is 38.7 Å². The van der Waals surface area contributed by atoms with Crippen molar-refractivity contribution in [1.29, 1.82) is 0 Å². The van der Waals surface area contributed by atoms with Gasteiger partial charge in [0, 0.05) is 21.1 Å². The van der Waals surface area contributed by atoms with E-state index < -0.39 is 0 Å². The van der Waals surface area contributed by atoms with Crippen molar-refractivity contribution in [1.82, 2.24) is 0 Å². The first-order valence-corrected chi connectivity index (χ1v) is 4.41. The molecule has 0 unspecified atom stereocenters. The van der Waals surface area contributed by atoms with Crippen LogP contribution >= 0.6 is 0 Å². The van der Waals surface area contributed by atoms with Crippen LogP contribution in [0.25, 0.3) is 0 Å². The summed E-state index contributed by atoms with van der Waals surface area (Å²) in [6.45, 7) is 5.50. The summed E-state index contributed by atoms with van der Waals surface area (Å²) >= 11 is 0. The molecule has 0 saturated carbocycles. The van der Waals surface area contributed by atoms with Crippen LogP contribution < -0.4 is 0 Å². The first-order chi connectivity index (χ1) is 5.41. The molecule has 0 aromatic heterocycles. The predicted octanol–water partition coefficient (Wildman–Crippen LogP) is 4.15. The Hall–Kier alpha value is 0.168. The van der Waals surface area contributed by atoms with E-state index in [-0.39, 0.29) is 28.5 Å². The van der Waals surface area contributed by atoms with Gasteiger partial charge in [0.15, 0.2) is 0 Å². The third-order valence-electron chi connectivity index (χ3n) is 1.24. The zero-order valence-corrected chi connectivity index (χ0v) is 11.1. The van der Waals surface area contributed by atoms with Gasteiger partial charge in [-0.25, -0.2) is 0 Å². The summed E-state index contributed by atoms with van der Waals surface area (Å²) < 4.78 is 0. The number of hydrogen-bond acceptors (Lipinski definition) is 0. The monoisotopic (exact) mass is 360 g/mol. The van der Waals surface area contributed by atoms with Crippen LogP contribution in [0.3, 0.4) is 0 Å². The van der Waals surface area contributed by atoms with Crippen molar-refractivity contribution in [2.75, 3.05) is 0 Å². The van der Waals surface area contributed by atoms with Crippen LogP contribution in [0.1, 0.15) is 39.0 Å². The Kier molecular flexibility index (Phi) is 26.2. The van der Waals surface area contributed by atoms with E-state index >= 15 is 0 Å². The van der Waals surface area contributed by atoms with Gasteiger partial charge in [0.05, 0.1) is 0 Å². The summed E-state index contributed by atoms with van der Waals surface area (Å²) in [5.41, 5.74) is 0. The van der Waals surface area contributed by atoms with Gasteiger partial charge in [-0.3, -0.25) is 6.08 Å². The summed E-state index contributed by atoms with van der Waals surface area (Å²) in [6.07, 6.45) is 15.5. The maximum absolute atomic E-state index is 3.49. The molecule has 0 fully saturated rings. The quantitative estimate of drug-likeness (QED) is 0.450. The molecule has 0 N–H and O–H groups in total. The van der Waals surface area contributed by atoms with E-state index in [2.05, 4.69) is 31.2 Å². The van der Waals surface area contributed by atoms with E-state index in [0.29, 0.717) is 0 Å². The first kappa shape index (κ1) is 18.9. The van der Waals surface area contributed by atoms with E-state index in [9.17, 15) is 0 Å². The van der Waals surface area contributed by atoms with Crippen LogP contribution in [0.15, 0.2) is 18.2 Å². The summed E-state index contributed by atoms with van der Waals surface area (Å²) in [4.78, 5) is 0. The standard InChI is InChI=1S/C8H11.C3H7.CH3.Pt/c1-2-4-6-8-7-5-3-1;1-3-2;;/h1-2,7H,3-6H2;1,3H2,2H3;1H3;/q3*-1;. The Labute approximate surface area is 98.8 Å². The second-order valence-electron chi connectivity index (χ2n) is 2.50. The molecule has 1 aliphatic rings. The normalized spacial score (nSPS) is 13.7. The molecule has 0 bridgehead atoms. The van der Waals surface area contributed by atoms with Crippen molar-refractivity contribution >= 4 is 0 Å². The molecule has 1 heteroatoms. The molecule has 0 nitrogen and oxygen atoms in total. The topological polar surface area (TPSA) is 0 Å². The Bertz CT molecular complexity index is 88.3. The maximum atomic E-state index is 3.49. The second kappa shape index (κ2) is 18.1. The fraction of sp³-hybridized carbons (Fsp3) is 0.500. The van der Waals surface area contributed by atoms with E-state index in [4.69, 9.17) is 0 Å². The van der Waals surface area contributed by atoms with E-state index in [1.165, 1.54) is 19.3 Å². The number of rotatable bonds is 0. The van der Waals surface area contributed by atoms with Crippen LogP contribution in [0.2, 0.25) is 0 Å². The van der Waals surface area contributed by atoms with Crippen LogP contribution in [0.4, 0.5) is 0 Å². The van der Waals surface area contributed by atoms with Crippen molar-refractivity contribution in [3.63, 3.8) is 0 Å². The predicted molar refractivity (Wildman–Crippen MR) is 57.5 cm³/mol. The summed E-state index contributed by atoms with van der Waals surface area (Å²) in [6, 6.07) is 0. The summed E-state index contributed by atoms with van der Waals surface area (Å²) in [7, 11) is 0. The van der Waals surface area contributed by atoms with Gasteiger partial charge in [0.25, 0.3) is 0 Å². The van der Waals surface area contributed by atoms with Crippen molar-refractivity contribution in [2.45, 2.75) is 39.0 Å². The zero-order valence-electron chi connectivity index (χ0n) is 8.79. The molecule has 1 aliphatic carbocycles. The number of allylic oxidation sites excluding steroid dienone is 4. The zero-order chi connectivity index (χ0) is 8.36. The average molecular weight is 360 g/mol. The number of hydrogen-bond donors (Lipinski definition) is 0. The van der Waals surface area contributed by atoms with Gasteiger partial charge in [0.2, 0.25) is 0 Å². The van der Waals surface area contributed by atoms with Crippen molar-refractivity contribution < 1.29 is 21.1 Å². The largest absolute Gasteiger partial charge is 0.500 e. The van der Waals surface area contributed by atoms with Gasteiger partial charge in [-0.15, -0.1) is 0 Å². The molecular formula is C12H21Pt-3. The molecule has 13 heavy (non-hydrogen) atoms. The van der Waals surface area contributed by atoms with Crippen LogP contribution in [-0.2, 0) is 21.1 Å². The van der Waals surface area contributed by atoms with Gasteiger partial charge in [-0.2, -0.15) is 12.8 Å². The SMILES string of the molecule is [C-]1=CCCC=CCC1.[CH2-]CC.[CH3-].[Pt]. The fourth-order valence-electron chi connectivity index (χ4n) is 0.786. The Morgan fingerprint density at radius 2 is 1.77 bits per heavy atom. The van der Waals surface area contributed by atoms with E-state index in [1.807, 2.05) is 6.92 Å². The first-order valence-electron chi connectivity index (χ1n) is 4.41. The average Bonchev–Trinajstić information content (AvgIpc) is 1.86. The van der Waals surface area contributed by atoms with Crippen LogP contribution in [0, 0.1) is 20.4 Å². The Morgan fingerprint density at radius 3 is 2.38 bits per heavy atom. The molecule has 0 atom stereocenters. The van der Waals surface area contributed by atoms with Gasteiger partial charge in [0.1, 0.15) is 0 Å². The fourth-order valence-corrected chi connectivity index (χ4v) is 0.786. The summed E-state index contributed by atoms with van der Waals surface area (Å²) in [5, 5.41) is 0. The van der Waals surface area contributed by atoms with Crippen LogP contribution in [-0.4, -0.2) is 0 Å². The molecule has 0 saturated heterocycles. The van der Waals surface area contributed by atoms with Gasteiger partial charge in [-0.1, -0.05) is 31.9 Å². The maximum Gasteiger partial charge on any atom is 0 e. The molecule has 0 radical (unpaired) electrons. The Balaban J connectivity index is -0.000000180. The molecule has 1 rings (SSSR count). The Morgan fingerprint density at radius 1 is 1.23 bits per heavy atom. The minimum absolute atomic E-state index is 0. The van der Waals surface area contributed by atoms with E-state index in [0.717, 1.165) is 12.8 Å². The minimum Gasteiger partial charge on any atom is -0.500 e. The molecule has 0 aromatic rings. The van der Waals surface area contributed by atoms with Gasteiger partial charge in [-0.05, 0) is 6.42 Å². The molecule has 0 spiro atoms. The van der Waals surface area contributed by atoms with Crippen LogP contribution in [0.5, 0.6) is 0 Å². The smallest absolute Gasteiger partial charge is 0 e. The second-order valence-corrected chi connectivity index (χ2v) is 2.50. The molecule has 0 aromatic carbocycles. The van der Waals surface area contributed by atoms with E-state index in [1.54, 1.807) is 0 Å². The summed E-state index contributed by atoms with van der Waals surface area (Å²) in [5.74, 6) is 0. The minimum atomic E-state index is 0. The third-order valence-corrected chi connectivity index (χ3v) is 1.24. The molecule has 0 heterocycles. The molecule has 82 valence electrons.